The summed E-state index contributed by atoms with van der Waals surface area (Å²) in [5.74, 6) is 1.29. The second-order valence-electron chi connectivity index (χ2n) is 4.82. The predicted molar refractivity (Wildman–Crippen MR) is 92.9 cm³/mol. The number of ether oxygens (including phenoxy) is 2. The van der Waals surface area contributed by atoms with E-state index in [-0.39, 0.29) is 10.2 Å². The summed E-state index contributed by atoms with van der Waals surface area (Å²) in [5, 5.41) is 1.69. The maximum absolute atomic E-state index is 12.0. The molecule has 0 aliphatic carbocycles. The van der Waals surface area contributed by atoms with Gasteiger partial charge in [0.15, 0.2) is 15.7 Å². The van der Waals surface area contributed by atoms with E-state index < -0.39 is 10.0 Å². The Balaban J connectivity index is 1.96. The van der Waals surface area contributed by atoms with Crippen LogP contribution in [0, 0.1) is 0 Å². The van der Waals surface area contributed by atoms with E-state index in [0.29, 0.717) is 24.5 Å². The molecule has 0 radical (unpaired) electrons. The second kappa shape index (κ2) is 8.02. The van der Waals surface area contributed by atoms with Crippen molar-refractivity contribution < 1.29 is 22.9 Å². The number of nitrogens with two attached hydrogens (primary N) is 1. The van der Waals surface area contributed by atoms with Crippen molar-refractivity contribution in [2.24, 2.45) is 5.73 Å². The van der Waals surface area contributed by atoms with E-state index in [0.717, 1.165) is 16.9 Å². The monoisotopic (exact) mass is 370 g/mol. The van der Waals surface area contributed by atoms with Crippen molar-refractivity contribution in [1.29, 1.82) is 0 Å². The van der Waals surface area contributed by atoms with Crippen LogP contribution in [-0.4, -0.2) is 35.1 Å². The molecular weight excluding hydrogens is 350 g/mol. The van der Waals surface area contributed by atoms with Gasteiger partial charge < -0.3 is 9.47 Å². The molecule has 0 atom stereocenters. The van der Waals surface area contributed by atoms with Crippen molar-refractivity contribution in [3.63, 3.8) is 0 Å². The van der Waals surface area contributed by atoms with Gasteiger partial charge in [0.05, 0.1) is 20.8 Å². The molecule has 0 aliphatic heterocycles. The maximum Gasteiger partial charge on any atom is 0.356 e. The fraction of sp³-hybridized carbons (Fsp3) is 0.267. The van der Waals surface area contributed by atoms with Gasteiger partial charge in [-0.15, -0.1) is 11.3 Å². The van der Waals surface area contributed by atoms with Crippen LogP contribution < -0.4 is 24.9 Å². The molecule has 0 saturated heterocycles. The van der Waals surface area contributed by atoms with Gasteiger partial charge in [-0.3, -0.25) is 10.7 Å². The Bertz CT molecular complexity index is 802. The van der Waals surface area contributed by atoms with Crippen LogP contribution in [0.4, 0.5) is 0 Å². The molecule has 0 fully saturated rings. The number of guanidine groups is 1. The van der Waals surface area contributed by atoms with Crippen molar-refractivity contribution in [3.8, 4) is 11.5 Å². The van der Waals surface area contributed by atoms with Crippen LogP contribution in [0.2, 0.25) is 0 Å². The van der Waals surface area contributed by atoms with E-state index in [1.807, 2.05) is 18.2 Å². The van der Waals surface area contributed by atoms with Gasteiger partial charge in [-0.05, 0) is 29.1 Å². The summed E-state index contributed by atoms with van der Waals surface area (Å²) >= 11 is 1.13. The molecular formula is C15H20N3O4S2+. The van der Waals surface area contributed by atoms with Gasteiger partial charge in [0, 0.05) is 6.42 Å². The maximum atomic E-state index is 12.0. The lowest BCUT2D eigenvalue weighted by Gasteiger charge is -2.08. The van der Waals surface area contributed by atoms with Crippen LogP contribution in [0.3, 0.4) is 0 Å². The Morgan fingerprint density at radius 1 is 1.25 bits per heavy atom. The Morgan fingerprint density at radius 3 is 2.62 bits per heavy atom. The molecule has 0 spiro atoms. The lowest BCUT2D eigenvalue weighted by atomic mass is 10.1. The molecule has 130 valence electrons. The van der Waals surface area contributed by atoms with Gasteiger partial charge in [0.1, 0.15) is 0 Å². The molecule has 1 aromatic heterocycles. The molecule has 7 nitrogen and oxygen atoms in total. The topological polar surface area (TPSA) is 105 Å². The van der Waals surface area contributed by atoms with E-state index in [4.69, 9.17) is 15.2 Å². The third-order valence-electron chi connectivity index (χ3n) is 3.18. The Morgan fingerprint density at radius 2 is 2.00 bits per heavy atom. The van der Waals surface area contributed by atoms with Gasteiger partial charge in [0.25, 0.3) is 0 Å². The molecule has 24 heavy (non-hydrogen) atoms. The number of hydrogen-bond acceptors (Lipinski definition) is 5. The number of sulfonamides is 1. The minimum Gasteiger partial charge on any atom is -0.493 e. The molecule has 2 aromatic rings. The average Bonchev–Trinajstić information content (AvgIpc) is 3.09. The van der Waals surface area contributed by atoms with Gasteiger partial charge in [-0.1, -0.05) is 12.1 Å². The van der Waals surface area contributed by atoms with E-state index >= 15 is 0 Å². The quantitative estimate of drug-likeness (QED) is 0.458. The van der Waals surface area contributed by atoms with Crippen LogP contribution >= 0.6 is 11.3 Å². The smallest absolute Gasteiger partial charge is 0.356 e. The summed E-state index contributed by atoms with van der Waals surface area (Å²) in [7, 11) is -0.471. The first kappa shape index (κ1) is 18.1. The van der Waals surface area contributed by atoms with Crippen LogP contribution in [0.15, 0.2) is 39.9 Å². The van der Waals surface area contributed by atoms with Crippen LogP contribution in [0.5, 0.6) is 11.5 Å². The van der Waals surface area contributed by atoms with Crippen molar-refractivity contribution >= 4 is 27.3 Å². The third kappa shape index (κ3) is 4.62. The summed E-state index contributed by atoms with van der Waals surface area (Å²) in [6.07, 6.45) is 0.641. The zero-order chi connectivity index (χ0) is 17.6. The highest BCUT2D eigenvalue weighted by molar-refractivity contribution is 7.92. The van der Waals surface area contributed by atoms with Gasteiger partial charge in [-0.2, -0.15) is 13.1 Å². The highest BCUT2D eigenvalue weighted by atomic mass is 32.2. The highest BCUT2D eigenvalue weighted by Crippen LogP contribution is 2.27. The largest absolute Gasteiger partial charge is 0.493 e. The summed E-state index contributed by atoms with van der Waals surface area (Å²) in [5.41, 5.74) is 6.72. The summed E-state index contributed by atoms with van der Waals surface area (Å²) < 4.78 is 37.0. The molecule has 0 bridgehead atoms. The number of benzene rings is 1. The standard InChI is InChI=1S/C15H19N3O4S2/c1-21-12-6-5-11(10-13(12)22-2)7-8-17-15(16)18-24(19,20)14-4-3-9-23-14/h3-6,9-10H,7-8H2,1-2H3,(H3,16,17,18)/p+1. The van der Waals surface area contributed by atoms with Gasteiger partial charge in [0.2, 0.25) is 0 Å². The zero-order valence-electron chi connectivity index (χ0n) is 13.4. The Kier molecular flexibility index (Phi) is 6.04. The van der Waals surface area contributed by atoms with Gasteiger partial charge in [-0.25, -0.2) is 0 Å². The summed E-state index contributed by atoms with van der Waals surface area (Å²) in [6, 6.07) is 8.78. The van der Waals surface area contributed by atoms with E-state index in [2.05, 4.69) is 9.71 Å². The molecule has 1 aromatic carbocycles. The first-order valence-electron chi connectivity index (χ1n) is 7.10. The molecule has 4 N–H and O–H groups in total. The minimum atomic E-state index is -3.62. The van der Waals surface area contributed by atoms with Crippen molar-refractivity contribution in [2.75, 3.05) is 20.8 Å². The van der Waals surface area contributed by atoms with Crippen LogP contribution in [0.25, 0.3) is 0 Å². The average molecular weight is 370 g/mol. The van der Waals surface area contributed by atoms with Crippen molar-refractivity contribution in [3.05, 3.63) is 41.3 Å². The fourth-order valence-corrected chi connectivity index (χ4v) is 3.99. The number of methoxy groups -OCH3 is 2. The molecule has 2 rings (SSSR count). The second-order valence-corrected chi connectivity index (χ2v) is 7.67. The molecule has 0 unspecified atom stereocenters. The minimum absolute atomic E-state index is 0.0103. The first-order valence-corrected chi connectivity index (χ1v) is 9.46. The first-order chi connectivity index (χ1) is 11.5. The molecule has 9 heteroatoms. The van der Waals surface area contributed by atoms with E-state index in [1.165, 1.54) is 6.07 Å². The zero-order valence-corrected chi connectivity index (χ0v) is 15.0. The lowest BCUT2D eigenvalue weighted by molar-refractivity contribution is -0.459. The summed E-state index contributed by atoms with van der Waals surface area (Å²) in [4.78, 5) is 2.85. The third-order valence-corrected chi connectivity index (χ3v) is 5.94. The van der Waals surface area contributed by atoms with E-state index in [9.17, 15) is 8.42 Å². The van der Waals surface area contributed by atoms with E-state index in [1.54, 1.807) is 25.7 Å². The van der Waals surface area contributed by atoms with Gasteiger partial charge >= 0.3 is 16.0 Å². The van der Waals surface area contributed by atoms with Crippen molar-refractivity contribution in [1.82, 2.24) is 4.72 Å². The van der Waals surface area contributed by atoms with Crippen LogP contribution in [-0.2, 0) is 16.4 Å². The molecule has 1 heterocycles. The lowest BCUT2D eigenvalue weighted by Crippen LogP contribution is -2.79. The number of hydrogen-bond donors (Lipinski definition) is 3. The highest BCUT2D eigenvalue weighted by Gasteiger charge is 2.20. The molecule has 0 saturated carbocycles. The summed E-state index contributed by atoms with van der Waals surface area (Å²) in [6.45, 7) is 0.467. The van der Waals surface area contributed by atoms with Crippen LogP contribution in [0.1, 0.15) is 5.56 Å². The SMILES string of the molecule is COc1ccc(CC[NH+]=C(N)NS(=O)(=O)c2cccs2)cc1OC. The normalized spacial score (nSPS) is 12.0. The molecule has 0 aliphatic rings. The number of thiophene rings is 1. The molecule has 0 amide bonds. The predicted octanol–water partition coefficient (Wildman–Crippen LogP) is -0.318. The Hall–Kier alpha value is -2.26. The number of rotatable bonds is 7. The number of nitrogens with one attached hydrogen (secondary N) is 2. The van der Waals surface area contributed by atoms with Crippen molar-refractivity contribution in [2.45, 2.75) is 10.6 Å². The Labute approximate surface area is 145 Å². The fourth-order valence-electron chi connectivity index (χ4n) is 2.03.